The van der Waals surface area contributed by atoms with Crippen LogP contribution in [-0.2, 0) is 0 Å². The summed E-state index contributed by atoms with van der Waals surface area (Å²) in [5.74, 6) is 1.82. The molecule has 0 aliphatic rings. The average molecular weight is 412 g/mol. The second kappa shape index (κ2) is 9.93. The van der Waals surface area contributed by atoms with Crippen LogP contribution in [0.5, 0.6) is 17.2 Å². The van der Waals surface area contributed by atoms with E-state index < -0.39 is 0 Å². The molecule has 0 spiro atoms. The summed E-state index contributed by atoms with van der Waals surface area (Å²) in [6, 6.07) is 13.8. The summed E-state index contributed by atoms with van der Waals surface area (Å²) < 4.78 is 16.7. The van der Waals surface area contributed by atoms with E-state index in [1.807, 2.05) is 30.3 Å². The summed E-state index contributed by atoms with van der Waals surface area (Å²) in [5.41, 5.74) is 5.90. The Balaban J connectivity index is 1.77. The van der Waals surface area contributed by atoms with Gasteiger partial charge in [0.25, 0.3) is 0 Å². The van der Waals surface area contributed by atoms with Crippen LogP contribution in [0.4, 0.5) is 5.13 Å². The van der Waals surface area contributed by atoms with Crippen LogP contribution in [0.25, 0.3) is 11.3 Å². The molecule has 0 saturated carbocycles. The zero-order chi connectivity index (χ0) is 20.6. The quantitative estimate of drug-likeness (QED) is 0.379. The Bertz CT molecular complexity index is 946. The van der Waals surface area contributed by atoms with Crippen LogP contribution < -0.4 is 19.6 Å². The van der Waals surface area contributed by atoms with Crippen molar-refractivity contribution in [2.75, 3.05) is 26.3 Å². The van der Waals surface area contributed by atoms with E-state index in [0.717, 1.165) is 33.3 Å². The highest BCUT2D eigenvalue weighted by Gasteiger charge is 2.14. The molecule has 0 radical (unpaired) electrons. The van der Waals surface area contributed by atoms with Gasteiger partial charge >= 0.3 is 0 Å². The van der Waals surface area contributed by atoms with Crippen LogP contribution in [0, 0.1) is 6.92 Å². The number of benzene rings is 2. The number of ether oxygens (including phenoxy) is 3. The van der Waals surface area contributed by atoms with Crippen molar-refractivity contribution < 1.29 is 14.2 Å². The number of hydrazone groups is 1. The highest BCUT2D eigenvalue weighted by Crippen LogP contribution is 2.38. The molecule has 152 valence electrons. The lowest BCUT2D eigenvalue weighted by atomic mass is 10.1. The van der Waals surface area contributed by atoms with Gasteiger partial charge in [0.2, 0.25) is 10.9 Å². The first-order valence-corrected chi connectivity index (χ1v) is 10.2. The van der Waals surface area contributed by atoms with Gasteiger partial charge in [-0.25, -0.2) is 4.98 Å². The third-order valence-electron chi connectivity index (χ3n) is 4.15. The second-order valence-electron chi connectivity index (χ2n) is 6.26. The molecule has 1 heterocycles. The Hall–Kier alpha value is -3.06. The molecule has 3 rings (SSSR count). The number of thiazole rings is 1. The molecule has 0 unspecified atom stereocenters. The Kier molecular flexibility index (Phi) is 7.08. The van der Waals surface area contributed by atoms with Crippen molar-refractivity contribution in [1.82, 2.24) is 4.98 Å². The van der Waals surface area contributed by atoms with E-state index in [4.69, 9.17) is 14.2 Å². The number of hydrogen-bond donors (Lipinski definition) is 1. The molecular formula is C22H25N3O3S. The smallest absolute Gasteiger partial charge is 0.204 e. The molecule has 6 nitrogen and oxygen atoms in total. The lowest BCUT2D eigenvalue weighted by Crippen LogP contribution is -2.01. The molecule has 3 aromatic rings. The third kappa shape index (κ3) is 5.06. The van der Waals surface area contributed by atoms with E-state index in [9.17, 15) is 0 Å². The Morgan fingerprint density at radius 1 is 1.10 bits per heavy atom. The van der Waals surface area contributed by atoms with Crippen molar-refractivity contribution in [3.05, 3.63) is 52.9 Å². The van der Waals surface area contributed by atoms with Crippen LogP contribution in [0.3, 0.4) is 0 Å². The van der Waals surface area contributed by atoms with E-state index >= 15 is 0 Å². The topological polar surface area (TPSA) is 65.0 Å². The largest absolute Gasteiger partial charge is 0.493 e. The van der Waals surface area contributed by atoms with Crippen molar-refractivity contribution in [3.63, 3.8) is 0 Å². The minimum atomic E-state index is 0.592. The standard InChI is InChI=1S/C22H25N3O3S/c1-5-11-28-21-18(26-3)12-16(13-19(21)27-4)14-23-25-22-24-20(15(2)29-22)17-9-7-6-8-10-17/h6-10,12-14H,5,11H2,1-4H3,(H,24,25)/b23-14-. The molecule has 0 fully saturated rings. The zero-order valence-corrected chi connectivity index (χ0v) is 17.9. The van der Waals surface area contributed by atoms with Crippen molar-refractivity contribution in [2.24, 2.45) is 5.10 Å². The predicted octanol–water partition coefficient (Wildman–Crippen LogP) is 5.37. The van der Waals surface area contributed by atoms with Crippen molar-refractivity contribution in [2.45, 2.75) is 20.3 Å². The second-order valence-corrected chi connectivity index (χ2v) is 7.47. The minimum Gasteiger partial charge on any atom is -0.493 e. The van der Waals surface area contributed by atoms with Crippen molar-refractivity contribution in [1.29, 1.82) is 0 Å². The van der Waals surface area contributed by atoms with E-state index in [-0.39, 0.29) is 0 Å². The van der Waals surface area contributed by atoms with Crippen LogP contribution >= 0.6 is 11.3 Å². The number of hydrogen-bond acceptors (Lipinski definition) is 7. The normalized spacial score (nSPS) is 10.9. The van der Waals surface area contributed by atoms with Gasteiger partial charge in [-0.3, -0.25) is 5.43 Å². The molecule has 1 aromatic heterocycles. The minimum absolute atomic E-state index is 0.592. The van der Waals surface area contributed by atoms with Gasteiger partial charge in [-0.1, -0.05) is 37.3 Å². The SMILES string of the molecule is CCCOc1c(OC)cc(/C=N\Nc2nc(-c3ccccc3)c(C)s2)cc1OC. The molecule has 7 heteroatoms. The molecule has 29 heavy (non-hydrogen) atoms. The number of nitrogens with zero attached hydrogens (tertiary/aromatic N) is 2. The first kappa shape index (κ1) is 20.7. The maximum atomic E-state index is 5.77. The van der Waals surface area contributed by atoms with Crippen molar-refractivity contribution in [3.8, 4) is 28.5 Å². The van der Waals surface area contributed by atoms with Gasteiger partial charge in [0.05, 0.1) is 32.7 Å². The Labute approximate surface area is 175 Å². The molecule has 1 N–H and O–H groups in total. The first-order chi connectivity index (χ1) is 14.2. The highest BCUT2D eigenvalue weighted by atomic mass is 32.1. The number of aromatic nitrogens is 1. The summed E-state index contributed by atoms with van der Waals surface area (Å²) in [5, 5.41) is 5.06. The number of rotatable bonds is 9. The van der Waals surface area contributed by atoms with Gasteiger partial charge in [0.15, 0.2) is 11.5 Å². The first-order valence-electron chi connectivity index (χ1n) is 9.37. The summed E-state index contributed by atoms with van der Waals surface area (Å²) in [6.45, 7) is 4.70. The van der Waals surface area contributed by atoms with Gasteiger partial charge in [-0.15, -0.1) is 11.3 Å². The summed E-state index contributed by atoms with van der Waals surface area (Å²) in [7, 11) is 3.21. The summed E-state index contributed by atoms with van der Waals surface area (Å²) in [4.78, 5) is 5.78. The van der Waals surface area contributed by atoms with Crippen LogP contribution in [0.15, 0.2) is 47.6 Å². The third-order valence-corrected chi connectivity index (χ3v) is 5.03. The van der Waals surface area contributed by atoms with E-state index in [0.29, 0.717) is 23.9 Å². The van der Waals surface area contributed by atoms with Gasteiger partial charge in [0, 0.05) is 16.0 Å². The average Bonchev–Trinajstić information content (AvgIpc) is 3.13. The fourth-order valence-electron chi connectivity index (χ4n) is 2.79. The van der Waals surface area contributed by atoms with Gasteiger partial charge < -0.3 is 14.2 Å². The molecule has 0 amide bonds. The zero-order valence-electron chi connectivity index (χ0n) is 17.1. The maximum absolute atomic E-state index is 5.77. The fourth-order valence-corrected chi connectivity index (χ4v) is 3.58. The van der Waals surface area contributed by atoms with Crippen LogP contribution in [-0.4, -0.2) is 32.0 Å². The number of methoxy groups -OCH3 is 2. The molecule has 0 bridgehead atoms. The lowest BCUT2D eigenvalue weighted by Gasteiger charge is -2.14. The Morgan fingerprint density at radius 3 is 2.41 bits per heavy atom. The van der Waals surface area contributed by atoms with Crippen LogP contribution in [0.2, 0.25) is 0 Å². The lowest BCUT2D eigenvalue weighted by molar-refractivity contribution is 0.275. The van der Waals surface area contributed by atoms with E-state index in [2.05, 4.69) is 41.5 Å². The van der Waals surface area contributed by atoms with Gasteiger partial charge in [-0.2, -0.15) is 5.10 Å². The molecule has 0 saturated heterocycles. The Morgan fingerprint density at radius 2 is 1.79 bits per heavy atom. The summed E-state index contributed by atoms with van der Waals surface area (Å²) >= 11 is 1.57. The van der Waals surface area contributed by atoms with E-state index in [1.165, 1.54) is 0 Å². The summed E-state index contributed by atoms with van der Waals surface area (Å²) in [6.07, 6.45) is 2.60. The maximum Gasteiger partial charge on any atom is 0.204 e. The van der Waals surface area contributed by atoms with Gasteiger partial charge in [-0.05, 0) is 25.5 Å². The number of aryl methyl sites for hydroxylation is 1. The predicted molar refractivity (Wildman–Crippen MR) is 119 cm³/mol. The van der Waals surface area contributed by atoms with Gasteiger partial charge in [0.1, 0.15) is 0 Å². The molecule has 2 aromatic carbocycles. The van der Waals surface area contributed by atoms with Crippen LogP contribution in [0.1, 0.15) is 23.8 Å². The van der Waals surface area contributed by atoms with E-state index in [1.54, 1.807) is 31.8 Å². The van der Waals surface area contributed by atoms with Crippen molar-refractivity contribution >= 4 is 22.7 Å². The monoisotopic (exact) mass is 411 g/mol. The molecule has 0 atom stereocenters. The molecule has 0 aliphatic carbocycles. The highest BCUT2D eigenvalue weighted by molar-refractivity contribution is 7.15. The fraction of sp³-hybridized carbons (Fsp3) is 0.273. The molecule has 0 aliphatic heterocycles. The number of anilines is 1. The number of nitrogens with one attached hydrogen (secondary N) is 1. The molecular weight excluding hydrogens is 386 g/mol.